The van der Waals surface area contributed by atoms with Crippen molar-refractivity contribution in [3.05, 3.63) is 56.4 Å². The molecular formula is C35H42N4O6. The second-order valence-electron chi connectivity index (χ2n) is 12.9. The van der Waals surface area contributed by atoms with Gasteiger partial charge in [-0.3, -0.25) is 4.79 Å². The molecule has 4 aliphatic heterocycles. The third-order valence-electron chi connectivity index (χ3n) is 10.5. The second-order valence-corrected chi connectivity index (χ2v) is 12.9. The monoisotopic (exact) mass is 614 g/mol. The number of cyclic esters (lactones) is 1. The summed E-state index contributed by atoms with van der Waals surface area (Å²) in [6.07, 6.45) is 6.94. The smallest absolute Gasteiger partial charge is 0.415 e. The highest BCUT2D eigenvalue weighted by Gasteiger charge is 2.45. The van der Waals surface area contributed by atoms with Crippen LogP contribution in [0, 0.1) is 0 Å². The normalized spacial score (nSPS) is 21.8. The lowest BCUT2D eigenvalue weighted by Crippen LogP contribution is -2.48. The number of aryl methyl sites for hydroxylation is 2. The van der Waals surface area contributed by atoms with Gasteiger partial charge in [0.05, 0.1) is 29.0 Å². The van der Waals surface area contributed by atoms with Gasteiger partial charge in [-0.25, -0.2) is 14.6 Å². The molecule has 0 aliphatic carbocycles. The van der Waals surface area contributed by atoms with Crippen molar-refractivity contribution in [1.82, 2.24) is 19.4 Å². The number of likely N-dealkylation sites (tertiary alicyclic amines) is 2. The van der Waals surface area contributed by atoms with Crippen LogP contribution in [0.4, 0.5) is 4.79 Å². The summed E-state index contributed by atoms with van der Waals surface area (Å²) in [5, 5.41) is 12.1. The molecule has 0 spiro atoms. The molecule has 1 amide bonds. The molecule has 6 heterocycles. The first-order valence-electron chi connectivity index (χ1n) is 16.6. The summed E-state index contributed by atoms with van der Waals surface area (Å²) in [5.41, 5.74) is 3.35. The van der Waals surface area contributed by atoms with Crippen LogP contribution in [0.2, 0.25) is 0 Å². The van der Waals surface area contributed by atoms with Gasteiger partial charge in [0.2, 0.25) is 0 Å². The van der Waals surface area contributed by atoms with Gasteiger partial charge in [0.15, 0.2) is 5.60 Å². The Morgan fingerprint density at radius 1 is 1.02 bits per heavy atom. The Morgan fingerprint density at radius 3 is 2.47 bits per heavy atom. The fourth-order valence-corrected chi connectivity index (χ4v) is 7.86. The Bertz CT molecular complexity index is 1750. The number of ether oxygens (including phenoxy) is 2. The van der Waals surface area contributed by atoms with Gasteiger partial charge < -0.3 is 28.9 Å². The van der Waals surface area contributed by atoms with E-state index in [9.17, 15) is 19.5 Å². The molecule has 1 aromatic carbocycles. The van der Waals surface area contributed by atoms with Crippen molar-refractivity contribution in [3.8, 4) is 17.1 Å². The number of carbonyl (C=O) groups excluding carboxylic acids is 2. The predicted octanol–water partition coefficient (Wildman–Crippen LogP) is 4.65. The summed E-state index contributed by atoms with van der Waals surface area (Å²) in [5.74, 6) is -0.182. The number of carbonyl (C=O) groups is 2. The Morgan fingerprint density at radius 2 is 1.78 bits per heavy atom. The Balaban J connectivity index is 1.21. The first-order chi connectivity index (χ1) is 21.8. The molecule has 2 aromatic heterocycles. The lowest BCUT2D eigenvalue weighted by atomic mass is 9.86. The fraction of sp³-hybridized carbons (Fsp3) is 0.543. The molecular weight excluding hydrogens is 572 g/mol. The van der Waals surface area contributed by atoms with Gasteiger partial charge in [0.1, 0.15) is 12.4 Å². The summed E-state index contributed by atoms with van der Waals surface area (Å²) in [7, 11) is 0. The number of hydrogen-bond acceptors (Lipinski definition) is 8. The van der Waals surface area contributed by atoms with E-state index in [0.29, 0.717) is 66.8 Å². The molecule has 45 heavy (non-hydrogen) atoms. The zero-order valence-corrected chi connectivity index (χ0v) is 26.5. The second kappa shape index (κ2) is 11.6. The largest absolute Gasteiger partial charge is 0.458 e. The molecule has 4 aliphatic rings. The van der Waals surface area contributed by atoms with E-state index in [4.69, 9.17) is 14.5 Å². The van der Waals surface area contributed by atoms with Gasteiger partial charge in [-0.1, -0.05) is 27.2 Å². The molecule has 238 valence electrons. The van der Waals surface area contributed by atoms with Crippen LogP contribution in [0.3, 0.4) is 0 Å². The topological polar surface area (TPSA) is 114 Å². The molecule has 0 saturated carbocycles. The van der Waals surface area contributed by atoms with Crippen LogP contribution in [-0.4, -0.2) is 68.7 Å². The zero-order valence-electron chi connectivity index (χ0n) is 26.5. The third kappa shape index (κ3) is 4.84. The summed E-state index contributed by atoms with van der Waals surface area (Å²) in [4.78, 5) is 49.1. The van der Waals surface area contributed by atoms with Crippen LogP contribution in [0.15, 0.2) is 23.0 Å². The van der Waals surface area contributed by atoms with Crippen molar-refractivity contribution < 1.29 is 24.2 Å². The van der Waals surface area contributed by atoms with E-state index in [2.05, 4.69) is 11.8 Å². The van der Waals surface area contributed by atoms with Gasteiger partial charge in [-0.05, 0) is 87.4 Å². The summed E-state index contributed by atoms with van der Waals surface area (Å²) in [6.45, 7) is 9.70. The molecule has 2 fully saturated rings. The van der Waals surface area contributed by atoms with Crippen LogP contribution in [0.5, 0.6) is 5.75 Å². The highest BCUT2D eigenvalue weighted by Crippen LogP contribution is 2.41. The summed E-state index contributed by atoms with van der Waals surface area (Å²) in [6, 6.07) is 6.22. The number of benzene rings is 1. The Hall–Kier alpha value is -3.76. The Kier molecular flexibility index (Phi) is 7.68. The van der Waals surface area contributed by atoms with Gasteiger partial charge in [0, 0.05) is 35.6 Å². The maximum Gasteiger partial charge on any atom is 0.415 e. The molecule has 1 atom stereocenters. The number of aromatic nitrogens is 2. The first kappa shape index (κ1) is 29.9. The third-order valence-corrected chi connectivity index (χ3v) is 10.5. The number of aliphatic hydroxyl groups is 1. The van der Waals surface area contributed by atoms with Gasteiger partial charge in [0.25, 0.3) is 5.56 Å². The molecule has 7 rings (SSSR count). The van der Waals surface area contributed by atoms with Crippen molar-refractivity contribution in [2.75, 3.05) is 26.2 Å². The van der Waals surface area contributed by atoms with Crippen molar-refractivity contribution in [3.63, 3.8) is 0 Å². The minimum atomic E-state index is -1.87. The Labute approximate surface area is 262 Å². The summed E-state index contributed by atoms with van der Waals surface area (Å²) >= 11 is 0. The zero-order chi connectivity index (χ0) is 31.5. The lowest BCUT2D eigenvalue weighted by molar-refractivity contribution is -0.172. The lowest BCUT2D eigenvalue weighted by Gasteiger charge is -2.39. The molecule has 1 N–H and O–H groups in total. The maximum absolute atomic E-state index is 13.7. The van der Waals surface area contributed by atoms with Crippen LogP contribution in [0.1, 0.15) is 87.1 Å². The van der Waals surface area contributed by atoms with Crippen molar-refractivity contribution in [2.24, 2.45) is 0 Å². The predicted molar refractivity (Wildman–Crippen MR) is 169 cm³/mol. The molecule has 0 radical (unpaired) electrons. The van der Waals surface area contributed by atoms with E-state index in [1.165, 1.54) is 32.4 Å². The number of amides is 1. The van der Waals surface area contributed by atoms with Gasteiger partial charge >= 0.3 is 12.1 Å². The number of hydrogen-bond donors (Lipinski definition) is 1. The van der Waals surface area contributed by atoms with E-state index in [1.54, 1.807) is 17.6 Å². The van der Waals surface area contributed by atoms with E-state index >= 15 is 0 Å². The number of pyridine rings is 2. The number of piperidine rings is 2. The van der Waals surface area contributed by atoms with Crippen molar-refractivity contribution >= 4 is 23.0 Å². The molecule has 10 heteroatoms. The molecule has 1 unspecified atom stereocenters. The quantitative estimate of drug-likeness (QED) is 0.323. The number of rotatable bonds is 5. The number of esters is 1. The van der Waals surface area contributed by atoms with Gasteiger partial charge in [-0.2, -0.15) is 0 Å². The van der Waals surface area contributed by atoms with Gasteiger partial charge in [-0.15, -0.1) is 0 Å². The molecule has 10 nitrogen and oxygen atoms in total. The number of nitrogens with zero attached hydrogens (tertiary/aromatic N) is 4. The average molecular weight is 615 g/mol. The van der Waals surface area contributed by atoms with Crippen molar-refractivity contribution in [1.29, 1.82) is 0 Å². The maximum atomic E-state index is 13.7. The average Bonchev–Trinajstić information content (AvgIpc) is 3.44. The SMILES string of the molecule is CCc1cc2nc3c(c(CC)c2cc1OC(=O)N1CCC(N2CCCCC2)CC1)Cn1c-3cc2c(c1=O)COC(=O)C2(O)CC. The molecule has 0 bridgehead atoms. The molecule has 2 saturated heterocycles. The minimum absolute atomic E-state index is 0.0950. The van der Waals surface area contributed by atoms with E-state index in [1.807, 2.05) is 24.0 Å². The minimum Gasteiger partial charge on any atom is -0.458 e. The van der Waals surface area contributed by atoms with E-state index in [-0.39, 0.29) is 24.7 Å². The highest BCUT2D eigenvalue weighted by atomic mass is 16.6. The fourth-order valence-electron chi connectivity index (χ4n) is 7.86. The first-order valence-corrected chi connectivity index (χ1v) is 16.6. The van der Waals surface area contributed by atoms with Crippen LogP contribution in [-0.2, 0) is 41.1 Å². The number of fused-ring (bicyclic) bond motifs is 5. The molecule has 3 aromatic rings. The van der Waals surface area contributed by atoms with Crippen molar-refractivity contribution in [2.45, 2.75) is 96.9 Å². The highest BCUT2D eigenvalue weighted by molar-refractivity contribution is 5.91. The van der Waals surface area contributed by atoms with E-state index < -0.39 is 11.6 Å². The standard InChI is InChI=1S/C35H42N4O6/c1-4-21-16-28-24(17-30(21)45-34(42)38-14-10-22(11-15-38)37-12-8-7-9-13-37)23(5-2)25-19-39-29(31(25)36-28)18-27-26(32(39)40)20-44-33(41)35(27,43)6-3/h16-18,22,43H,4-15,19-20H2,1-3H3. The van der Waals surface area contributed by atoms with Crippen LogP contribution >= 0.6 is 0 Å². The van der Waals surface area contributed by atoms with Crippen LogP contribution < -0.4 is 10.3 Å². The summed E-state index contributed by atoms with van der Waals surface area (Å²) < 4.78 is 13.0. The van der Waals surface area contributed by atoms with Crippen LogP contribution in [0.25, 0.3) is 22.3 Å². The van der Waals surface area contributed by atoms with E-state index in [0.717, 1.165) is 40.4 Å².